The van der Waals surface area contributed by atoms with Gasteiger partial charge >= 0.3 is 0 Å². The summed E-state index contributed by atoms with van der Waals surface area (Å²) in [5.74, 6) is 2.25. The molecule has 0 aliphatic rings. The van der Waals surface area contributed by atoms with E-state index in [2.05, 4.69) is 19.9 Å². The lowest BCUT2D eigenvalue weighted by Crippen LogP contribution is -2.05. The smallest absolute Gasteiger partial charge is 0.126 e. The van der Waals surface area contributed by atoms with Crippen molar-refractivity contribution in [2.24, 2.45) is 0 Å². The number of hydrogen-bond donors (Lipinski definition) is 1. The second-order valence-corrected chi connectivity index (χ2v) is 4.02. The molecule has 1 aromatic carbocycles. The number of aliphatic hydroxyl groups is 1. The van der Waals surface area contributed by atoms with Gasteiger partial charge in [-0.15, -0.1) is 0 Å². The van der Waals surface area contributed by atoms with Crippen LogP contribution >= 0.6 is 0 Å². The Morgan fingerprint density at radius 2 is 2.07 bits per heavy atom. The number of benzene rings is 1. The Labute approximate surface area is 91.9 Å². The van der Waals surface area contributed by atoms with Crippen molar-refractivity contribution < 1.29 is 9.84 Å². The largest absolute Gasteiger partial charge is 0.496 e. The maximum atomic E-state index is 9.15. The molecule has 15 heavy (non-hydrogen) atoms. The monoisotopic (exact) mass is 207 g/mol. The van der Waals surface area contributed by atoms with Crippen molar-refractivity contribution in [3.8, 4) is 5.75 Å². The Bertz CT molecular complexity index is 318. The minimum Gasteiger partial charge on any atom is -0.496 e. The highest BCUT2D eigenvalue weighted by Crippen LogP contribution is 2.33. The quantitative estimate of drug-likeness (QED) is 0.822. The predicted molar refractivity (Wildman–Crippen MR) is 62.2 cm³/mol. The number of rotatable bonds is 4. The molecule has 1 aromatic rings. The average molecular weight is 207 g/mol. The van der Waals surface area contributed by atoms with Crippen LogP contribution in [0.15, 0.2) is 18.2 Å². The van der Waals surface area contributed by atoms with Crippen molar-refractivity contribution in [1.82, 2.24) is 0 Å². The predicted octanol–water partition coefficient (Wildman–Crippen LogP) is 2.75. The Balaban J connectivity index is 3.22. The molecule has 0 saturated heterocycles. The zero-order valence-corrected chi connectivity index (χ0v) is 9.87. The van der Waals surface area contributed by atoms with E-state index < -0.39 is 0 Å². The van der Waals surface area contributed by atoms with E-state index in [0.717, 1.165) is 17.2 Å². The Hall–Kier alpha value is -1.02. The summed E-state index contributed by atoms with van der Waals surface area (Å²) in [4.78, 5) is 0. The zero-order chi connectivity index (χ0) is 11.4. The summed E-state index contributed by atoms with van der Waals surface area (Å²) in [7, 11) is 1.68. The highest BCUT2D eigenvalue weighted by Gasteiger charge is 2.15. The van der Waals surface area contributed by atoms with Crippen molar-refractivity contribution in [3.63, 3.8) is 0 Å². The van der Waals surface area contributed by atoms with Crippen molar-refractivity contribution in [1.29, 1.82) is 0 Å². The lowest BCUT2D eigenvalue weighted by molar-refractivity contribution is 0.312. The van der Waals surface area contributed by atoms with Gasteiger partial charge in [0, 0.05) is 11.5 Å². The highest BCUT2D eigenvalue weighted by molar-refractivity contribution is 5.49. The number of para-hydroxylation sites is 1. The van der Waals surface area contributed by atoms with E-state index in [0.29, 0.717) is 5.92 Å². The number of methoxy groups -OCH3 is 1. The summed E-state index contributed by atoms with van der Waals surface area (Å²) >= 11 is 0. The van der Waals surface area contributed by atoms with Crippen molar-refractivity contribution in [3.05, 3.63) is 35.2 Å². The van der Waals surface area contributed by atoms with Crippen LogP contribution in [0.1, 0.15) is 37.8 Å². The molecular weight excluding hydrogens is 188 g/mol. The summed E-state index contributed by atoms with van der Waals surface area (Å²) in [5, 5.41) is 9.15. The Morgan fingerprint density at radius 1 is 1.40 bits per heavy atom. The molecule has 0 aromatic heterocycles. The normalized spacial score (nSPS) is 11.1. The van der Waals surface area contributed by atoms with Gasteiger partial charge in [-0.25, -0.2) is 0 Å². The molecule has 1 N–H and O–H groups in total. The first-order valence-electron chi connectivity index (χ1n) is 5.22. The SMILES string of the molecule is COc1c([C](C)CO)cccc1C(C)C. The standard InChI is InChI=1S/C13H19O2/c1-9(2)11-6-5-7-12(10(3)8-14)13(11)15-4/h5-7,9,14H,8H2,1-4H3. The fourth-order valence-corrected chi connectivity index (χ4v) is 1.66. The second kappa shape index (κ2) is 5.17. The third kappa shape index (κ3) is 2.51. The van der Waals surface area contributed by atoms with Crippen LogP contribution in [0.4, 0.5) is 0 Å². The molecule has 0 fully saturated rings. The third-order valence-corrected chi connectivity index (χ3v) is 2.57. The fourth-order valence-electron chi connectivity index (χ4n) is 1.66. The second-order valence-electron chi connectivity index (χ2n) is 4.02. The van der Waals surface area contributed by atoms with E-state index in [1.807, 2.05) is 19.1 Å². The molecular formula is C13H19O2. The first-order valence-corrected chi connectivity index (χ1v) is 5.22. The van der Waals surface area contributed by atoms with Crippen LogP contribution in [0.3, 0.4) is 0 Å². The molecule has 0 spiro atoms. The van der Waals surface area contributed by atoms with Gasteiger partial charge in [0.05, 0.1) is 13.7 Å². The maximum absolute atomic E-state index is 9.15. The van der Waals surface area contributed by atoms with E-state index in [1.165, 1.54) is 5.56 Å². The topological polar surface area (TPSA) is 29.5 Å². The molecule has 0 atom stereocenters. The lowest BCUT2D eigenvalue weighted by Gasteiger charge is -2.18. The van der Waals surface area contributed by atoms with Gasteiger partial charge in [-0.05, 0) is 11.5 Å². The molecule has 1 rings (SSSR count). The molecule has 0 bridgehead atoms. The van der Waals surface area contributed by atoms with Gasteiger partial charge < -0.3 is 9.84 Å². The van der Waals surface area contributed by atoms with Crippen molar-refractivity contribution in [2.45, 2.75) is 26.7 Å². The first kappa shape index (κ1) is 12.1. The molecule has 2 nitrogen and oxygen atoms in total. The van der Waals surface area contributed by atoms with Gasteiger partial charge in [0.1, 0.15) is 5.75 Å². The summed E-state index contributed by atoms with van der Waals surface area (Å²) < 4.78 is 5.43. The highest BCUT2D eigenvalue weighted by atomic mass is 16.5. The lowest BCUT2D eigenvalue weighted by atomic mass is 9.93. The number of ether oxygens (including phenoxy) is 1. The van der Waals surface area contributed by atoms with Crippen LogP contribution in [-0.4, -0.2) is 18.8 Å². The van der Waals surface area contributed by atoms with Crippen LogP contribution in [-0.2, 0) is 0 Å². The van der Waals surface area contributed by atoms with Crippen LogP contribution < -0.4 is 4.74 Å². The van der Waals surface area contributed by atoms with E-state index in [9.17, 15) is 0 Å². The molecule has 0 saturated carbocycles. The molecule has 0 heterocycles. The summed E-state index contributed by atoms with van der Waals surface area (Å²) in [6.07, 6.45) is 0. The van der Waals surface area contributed by atoms with Crippen molar-refractivity contribution in [2.75, 3.05) is 13.7 Å². The van der Waals surface area contributed by atoms with Gasteiger partial charge in [0.25, 0.3) is 0 Å². The van der Waals surface area contributed by atoms with Gasteiger partial charge in [0.15, 0.2) is 0 Å². The van der Waals surface area contributed by atoms with E-state index in [1.54, 1.807) is 7.11 Å². The minimum atomic E-state index is 0.0674. The maximum Gasteiger partial charge on any atom is 0.126 e. The number of aliphatic hydroxyl groups excluding tert-OH is 1. The molecule has 83 valence electrons. The summed E-state index contributed by atoms with van der Waals surface area (Å²) in [6, 6.07) is 6.06. The zero-order valence-electron chi connectivity index (χ0n) is 9.87. The average Bonchev–Trinajstić information content (AvgIpc) is 2.26. The first-order chi connectivity index (χ1) is 7.11. The molecule has 2 heteroatoms. The van der Waals surface area contributed by atoms with Crippen molar-refractivity contribution >= 4 is 0 Å². The molecule has 0 aliphatic carbocycles. The number of hydrogen-bond acceptors (Lipinski definition) is 2. The van der Waals surface area contributed by atoms with Crippen LogP contribution in [0.25, 0.3) is 0 Å². The van der Waals surface area contributed by atoms with Crippen LogP contribution in [0.5, 0.6) is 5.75 Å². The Kier molecular flexibility index (Phi) is 4.15. The van der Waals surface area contributed by atoms with Crippen LogP contribution in [0.2, 0.25) is 0 Å². The molecule has 0 aliphatic heterocycles. The third-order valence-electron chi connectivity index (χ3n) is 2.57. The van der Waals surface area contributed by atoms with Gasteiger partial charge in [-0.3, -0.25) is 0 Å². The van der Waals surface area contributed by atoms with Gasteiger partial charge in [0.2, 0.25) is 0 Å². The minimum absolute atomic E-state index is 0.0674. The summed E-state index contributed by atoms with van der Waals surface area (Å²) in [5.41, 5.74) is 2.19. The van der Waals surface area contributed by atoms with E-state index in [-0.39, 0.29) is 6.61 Å². The van der Waals surface area contributed by atoms with Gasteiger partial charge in [-0.1, -0.05) is 39.0 Å². The fraction of sp³-hybridized carbons (Fsp3) is 0.462. The van der Waals surface area contributed by atoms with E-state index in [4.69, 9.17) is 9.84 Å². The molecule has 0 unspecified atom stereocenters. The Morgan fingerprint density at radius 3 is 2.53 bits per heavy atom. The summed E-state index contributed by atoms with van der Waals surface area (Å²) in [6.45, 7) is 6.26. The van der Waals surface area contributed by atoms with Gasteiger partial charge in [-0.2, -0.15) is 0 Å². The molecule has 1 radical (unpaired) electrons. The molecule has 0 amide bonds. The van der Waals surface area contributed by atoms with Crippen LogP contribution in [0, 0.1) is 5.92 Å². The van der Waals surface area contributed by atoms with E-state index >= 15 is 0 Å².